The summed E-state index contributed by atoms with van der Waals surface area (Å²) in [5.41, 5.74) is 0. The molecule has 2 atom stereocenters. The molecule has 1 amide bonds. The lowest BCUT2D eigenvalue weighted by Gasteiger charge is -2.20. The Bertz CT molecular complexity index is 219. The minimum absolute atomic E-state index is 0.234. The van der Waals surface area contributed by atoms with Gasteiger partial charge in [-0.1, -0.05) is 0 Å². The van der Waals surface area contributed by atoms with E-state index in [0.29, 0.717) is 12.6 Å². The molecule has 16 heavy (non-hydrogen) atoms. The molecule has 0 aromatic carbocycles. The normalized spacial score (nSPS) is 24.7. The van der Waals surface area contributed by atoms with E-state index in [4.69, 9.17) is 0 Å². The van der Waals surface area contributed by atoms with Gasteiger partial charge in [-0.05, 0) is 39.4 Å². The molecule has 1 saturated carbocycles. The van der Waals surface area contributed by atoms with Gasteiger partial charge in [-0.3, -0.25) is 4.79 Å². The van der Waals surface area contributed by atoms with Crippen molar-refractivity contribution in [1.82, 2.24) is 10.2 Å². The van der Waals surface area contributed by atoms with Gasteiger partial charge >= 0.3 is 0 Å². The molecule has 0 spiro atoms. The number of hydrogen-bond acceptors (Lipinski definition) is 3. The van der Waals surface area contributed by atoms with Gasteiger partial charge < -0.3 is 10.2 Å². The Balaban J connectivity index is 2.22. The van der Waals surface area contributed by atoms with Gasteiger partial charge in [0.25, 0.3) is 0 Å². The van der Waals surface area contributed by atoms with Crippen molar-refractivity contribution in [3.63, 3.8) is 0 Å². The van der Waals surface area contributed by atoms with Crippen molar-refractivity contribution in [3.8, 4) is 0 Å². The molecule has 0 radical (unpaired) electrons. The first-order valence-electron chi connectivity index (χ1n) is 6.25. The second-order valence-electron chi connectivity index (χ2n) is 4.31. The first-order chi connectivity index (χ1) is 7.71. The number of carbonyl (C=O) groups excluding carboxylic acids is 1. The van der Waals surface area contributed by atoms with E-state index in [-0.39, 0.29) is 5.91 Å². The summed E-state index contributed by atoms with van der Waals surface area (Å²) in [7, 11) is 0. The van der Waals surface area contributed by atoms with Gasteiger partial charge in [0.15, 0.2) is 0 Å². The summed E-state index contributed by atoms with van der Waals surface area (Å²) in [6.07, 6.45) is 5.90. The lowest BCUT2D eigenvalue weighted by atomic mass is 10.2. The first kappa shape index (κ1) is 13.8. The van der Waals surface area contributed by atoms with Gasteiger partial charge in [-0.25, -0.2) is 0 Å². The maximum absolute atomic E-state index is 11.8. The Morgan fingerprint density at radius 3 is 2.56 bits per heavy atom. The first-order valence-corrected chi connectivity index (χ1v) is 7.54. The molecule has 1 fully saturated rings. The minimum atomic E-state index is 0.234. The van der Waals surface area contributed by atoms with Gasteiger partial charge in [0.1, 0.15) is 0 Å². The maximum atomic E-state index is 11.8. The van der Waals surface area contributed by atoms with E-state index in [1.807, 2.05) is 30.5 Å². The van der Waals surface area contributed by atoms with Crippen LogP contribution in [0.1, 0.15) is 33.1 Å². The van der Waals surface area contributed by atoms with Crippen LogP contribution in [-0.2, 0) is 4.79 Å². The fourth-order valence-corrected chi connectivity index (χ4v) is 3.06. The number of hydrogen-bond donors (Lipinski definition) is 1. The zero-order valence-electron chi connectivity index (χ0n) is 10.7. The van der Waals surface area contributed by atoms with Crippen LogP contribution in [0.15, 0.2) is 0 Å². The molecule has 0 aromatic heterocycles. The smallest absolute Gasteiger partial charge is 0.236 e. The summed E-state index contributed by atoms with van der Waals surface area (Å²) in [5, 5.41) is 4.18. The van der Waals surface area contributed by atoms with Crippen molar-refractivity contribution in [2.24, 2.45) is 0 Å². The Morgan fingerprint density at radius 2 is 2.06 bits per heavy atom. The number of amides is 1. The molecule has 0 bridgehead atoms. The van der Waals surface area contributed by atoms with Gasteiger partial charge in [-0.15, -0.1) is 0 Å². The lowest BCUT2D eigenvalue weighted by Crippen LogP contribution is -2.41. The van der Waals surface area contributed by atoms with Gasteiger partial charge in [0, 0.05) is 24.4 Å². The van der Waals surface area contributed by atoms with Crippen molar-refractivity contribution >= 4 is 17.7 Å². The number of nitrogens with one attached hydrogen (secondary N) is 1. The van der Waals surface area contributed by atoms with Crippen LogP contribution in [0.25, 0.3) is 0 Å². The lowest BCUT2D eigenvalue weighted by molar-refractivity contribution is -0.129. The van der Waals surface area contributed by atoms with E-state index < -0.39 is 0 Å². The van der Waals surface area contributed by atoms with E-state index in [1.165, 1.54) is 19.3 Å². The van der Waals surface area contributed by atoms with Crippen LogP contribution < -0.4 is 5.32 Å². The number of carbonyl (C=O) groups is 1. The largest absolute Gasteiger partial charge is 0.342 e. The van der Waals surface area contributed by atoms with Crippen LogP contribution in [-0.4, -0.2) is 48.0 Å². The molecule has 0 heterocycles. The van der Waals surface area contributed by atoms with E-state index >= 15 is 0 Å². The summed E-state index contributed by atoms with van der Waals surface area (Å²) >= 11 is 1.95. The quantitative estimate of drug-likeness (QED) is 0.772. The van der Waals surface area contributed by atoms with Crippen molar-refractivity contribution in [2.45, 2.75) is 44.4 Å². The monoisotopic (exact) mass is 244 g/mol. The Morgan fingerprint density at radius 1 is 1.38 bits per heavy atom. The summed E-state index contributed by atoms with van der Waals surface area (Å²) in [6, 6.07) is 0.553. The fraction of sp³-hybridized carbons (Fsp3) is 0.917. The standard InChI is InChI=1S/C12H24N2OS/c1-4-14(5-2)12(15)9-13-10-6-7-11(8-10)16-3/h10-11,13H,4-9H2,1-3H3. The summed E-state index contributed by atoms with van der Waals surface area (Å²) in [6.45, 7) is 6.19. The second kappa shape index (κ2) is 7.17. The third-order valence-electron chi connectivity index (χ3n) is 3.38. The van der Waals surface area contributed by atoms with Crippen molar-refractivity contribution in [2.75, 3.05) is 25.9 Å². The number of rotatable bonds is 6. The van der Waals surface area contributed by atoms with E-state index in [1.54, 1.807) is 0 Å². The third kappa shape index (κ3) is 3.98. The summed E-state index contributed by atoms with van der Waals surface area (Å²) in [5.74, 6) is 0.234. The Kier molecular flexibility index (Phi) is 6.21. The summed E-state index contributed by atoms with van der Waals surface area (Å²) in [4.78, 5) is 13.7. The molecule has 1 aliphatic carbocycles. The SMILES string of the molecule is CCN(CC)C(=O)CNC1CCC(SC)C1. The highest BCUT2D eigenvalue weighted by molar-refractivity contribution is 7.99. The molecule has 4 heteroatoms. The number of likely N-dealkylation sites (N-methyl/N-ethyl adjacent to an activating group) is 1. The molecule has 1 rings (SSSR count). The zero-order valence-corrected chi connectivity index (χ0v) is 11.5. The van der Waals surface area contributed by atoms with Crippen LogP contribution in [0.4, 0.5) is 0 Å². The van der Waals surface area contributed by atoms with Crippen LogP contribution in [0, 0.1) is 0 Å². The van der Waals surface area contributed by atoms with Gasteiger partial charge in [-0.2, -0.15) is 11.8 Å². The maximum Gasteiger partial charge on any atom is 0.236 e. The number of nitrogens with zero attached hydrogens (tertiary/aromatic N) is 1. The third-order valence-corrected chi connectivity index (χ3v) is 4.47. The predicted octanol–water partition coefficient (Wildman–Crippen LogP) is 1.73. The zero-order chi connectivity index (χ0) is 12.0. The van der Waals surface area contributed by atoms with Gasteiger partial charge in [0.2, 0.25) is 5.91 Å². The minimum Gasteiger partial charge on any atom is -0.342 e. The van der Waals surface area contributed by atoms with Crippen molar-refractivity contribution in [1.29, 1.82) is 0 Å². The molecule has 3 nitrogen and oxygen atoms in total. The van der Waals surface area contributed by atoms with Crippen LogP contribution in [0.2, 0.25) is 0 Å². The van der Waals surface area contributed by atoms with Crippen molar-refractivity contribution in [3.05, 3.63) is 0 Å². The van der Waals surface area contributed by atoms with E-state index in [0.717, 1.165) is 18.3 Å². The van der Waals surface area contributed by atoms with Crippen LogP contribution in [0.5, 0.6) is 0 Å². The van der Waals surface area contributed by atoms with E-state index in [9.17, 15) is 4.79 Å². The van der Waals surface area contributed by atoms with Gasteiger partial charge in [0.05, 0.1) is 6.54 Å². The molecular weight excluding hydrogens is 220 g/mol. The molecule has 0 aliphatic heterocycles. The highest BCUT2D eigenvalue weighted by Crippen LogP contribution is 2.27. The molecule has 94 valence electrons. The molecule has 1 aliphatic rings. The Hall–Kier alpha value is -0.220. The number of thioether (sulfide) groups is 1. The van der Waals surface area contributed by atoms with Crippen LogP contribution >= 0.6 is 11.8 Å². The molecule has 2 unspecified atom stereocenters. The molecule has 0 aromatic rings. The predicted molar refractivity (Wildman–Crippen MR) is 70.9 cm³/mol. The van der Waals surface area contributed by atoms with E-state index in [2.05, 4.69) is 11.6 Å². The topological polar surface area (TPSA) is 32.3 Å². The highest BCUT2D eigenvalue weighted by Gasteiger charge is 2.24. The van der Waals surface area contributed by atoms with Crippen molar-refractivity contribution < 1.29 is 4.79 Å². The second-order valence-corrected chi connectivity index (χ2v) is 5.45. The molecular formula is C12H24N2OS. The molecule has 1 N–H and O–H groups in total. The highest BCUT2D eigenvalue weighted by atomic mass is 32.2. The van der Waals surface area contributed by atoms with Crippen LogP contribution in [0.3, 0.4) is 0 Å². The average Bonchev–Trinajstić information content (AvgIpc) is 2.76. The summed E-state index contributed by atoms with van der Waals surface area (Å²) < 4.78 is 0. The average molecular weight is 244 g/mol. The Labute approximate surface area is 103 Å². The fourth-order valence-electron chi connectivity index (χ4n) is 2.26. The molecule has 0 saturated heterocycles.